The zero-order valence-electron chi connectivity index (χ0n) is 18.2. The van der Waals surface area contributed by atoms with E-state index in [-0.39, 0.29) is 17.3 Å². The Morgan fingerprint density at radius 1 is 1.03 bits per heavy atom. The number of carbonyl (C=O) groups is 2. The second-order valence-corrected chi connectivity index (χ2v) is 8.22. The number of benzene rings is 3. The van der Waals surface area contributed by atoms with Gasteiger partial charge in [-0.2, -0.15) is 5.10 Å². The van der Waals surface area contributed by atoms with Crippen molar-refractivity contribution in [3.8, 4) is 5.75 Å². The molecule has 0 saturated heterocycles. The summed E-state index contributed by atoms with van der Waals surface area (Å²) in [6, 6.07) is 18.6. The van der Waals surface area contributed by atoms with Crippen molar-refractivity contribution in [2.75, 3.05) is 0 Å². The number of nitrogens with one attached hydrogen (secondary N) is 2. The minimum absolute atomic E-state index is 0.235. The van der Waals surface area contributed by atoms with Gasteiger partial charge in [0.05, 0.1) is 11.2 Å². The molecular formula is C25H22Cl2FN3O3. The first kappa shape index (κ1) is 25.2. The SMILES string of the molecule is C[C@H](Oc1ccc(Cl)cc1Cl)C(=O)N[C@@H](Cc1ccccc1)C(=O)N/N=C\c1ccc(F)cc1. The number of halogens is 3. The third kappa shape index (κ3) is 7.57. The summed E-state index contributed by atoms with van der Waals surface area (Å²) in [7, 11) is 0. The van der Waals surface area contributed by atoms with Crippen LogP contribution in [-0.2, 0) is 16.0 Å². The molecule has 0 fully saturated rings. The highest BCUT2D eigenvalue weighted by molar-refractivity contribution is 6.35. The first-order chi connectivity index (χ1) is 16.3. The maximum absolute atomic E-state index is 13.0. The van der Waals surface area contributed by atoms with Crippen LogP contribution in [0.25, 0.3) is 0 Å². The Morgan fingerprint density at radius 2 is 1.74 bits per heavy atom. The van der Waals surface area contributed by atoms with Crippen LogP contribution in [0.5, 0.6) is 5.75 Å². The minimum atomic E-state index is -0.938. The Bertz CT molecular complexity index is 1160. The Kier molecular flexibility index (Phi) is 9.01. The van der Waals surface area contributed by atoms with E-state index in [4.69, 9.17) is 27.9 Å². The second kappa shape index (κ2) is 12.2. The Balaban J connectivity index is 1.68. The number of carbonyl (C=O) groups excluding carboxylic acids is 2. The topological polar surface area (TPSA) is 79.8 Å². The number of hydrazone groups is 1. The van der Waals surface area contributed by atoms with Gasteiger partial charge < -0.3 is 10.1 Å². The van der Waals surface area contributed by atoms with E-state index in [0.29, 0.717) is 16.3 Å². The van der Waals surface area contributed by atoms with E-state index in [1.807, 2.05) is 30.3 Å². The predicted octanol–water partition coefficient (Wildman–Crippen LogP) is 4.78. The van der Waals surface area contributed by atoms with E-state index in [2.05, 4.69) is 15.8 Å². The number of amides is 2. The summed E-state index contributed by atoms with van der Waals surface area (Å²) in [4.78, 5) is 25.6. The molecule has 3 aromatic rings. The van der Waals surface area contributed by atoms with Gasteiger partial charge in [0.25, 0.3) is 11.8 Å². The van der Waals surface area contributed by atoms with Crippen LogP contribution in [0.2, 0.25) is 10.0 Å². The molecule has 3 aromatic carbocycles. The summed E-state index contributed by atoms with van der Waals surface area (Å²) in [6.45, 7) is 1.55. The third-order valence-electron chi connectivity index (χ3n) is 4.74. The monoisotopic (exact) mass is 501 g/mol. The van der Waals surface area contributed by atoms with Gasteiger partial charge in [-0.3, -0.25) is 9.59 Å². The molecule has 176 valence electrons. The van der Waals surface area contributed by atoms with Gasteiger partial charge in [0, 0.05) is 11.4 Å². The highest BCUT2D eigenvalue weighted by atomic mass is 35.5. The maximum Gasteiger partial charge on any atom is 0.262 e. The number of nitrogens with zero attached hydrogens (tertiary/aromatic N) is 1. The van der Waals surface area contributed by atoms with Crippen LogP contribution in [0, 0.1) is 5.82 Å². The van der Waals surface area contributed by atoms with Gasteiger partial charge in [-0.15, -0.1) is 0 Å². The van der Waals surface area contributed by atoms with Gasteiger partial charge in [0.15, 0.2) is 6.10 Å². The Labute approximate surface area is 206 Å². The molecular weight excluding hydrogens is 480 g/mol. The first-order valence-corrected chi connectivity index (χ1v) is 11.1. The highest BCUT2D eigenvalue weighted by Crippen LogP contribution is 2.28. The van der Waals surface area contributed by atoms with Crippen molar-refractivity contribution in [3.05, 3.63) is 99.8 Å². The molecule has 6 nitrogen and oxygen atoms in total. The molecule has 2 atom stereocenters. The van der Waals surface area contributed by atoms with E-state index < -0.39 is 24.0 Å². The smallest absolute Gasteiger partial charge is 0.262 e. The van der Waals surface area contributed by atoms with Crippen LogP contribution in [0.4, 0.5) is 4.39 Å². The molecule has 0 bridgehead atoms. The van der Waals surface area contributed by atoms with Gasteiger partial charge in [0.1, 0.15) is 17.6 Å². The van der Waals surface area contributed by atoms with Crippen LogP contribution < -0.4 is 15.5 Å². The van der Waals surface area contributed by atoms with Gasteiger partial charge in [-0.05, 0) is 48.4 Å². The molecule has 0 saturated carbocycles. The summed E-state index contributed by atoms with van der Waals surface area (Å²) < 4.78 is 18.7. The van der Waals surface area contributed by atoms with Crippen molar-refractivity contribution < 1.29 is 18.7 Å². The normalized spacial score (nSPS) is 12.7. The first-order valence-electron chi connectivity index (χ1n) is 10.4. The number of rotatable bonds is 9. The van der Waals surface area contributed by atoms with Crippen molar-refractivity contribution in [2.24, 2.45) is 5.10 Å². The summed E-state index contributed by atoms with van der Waals surface area (Å²) in [6.07, 6.45) is 0.679. The summed E-state index contributed by atoms with van der Waals surface area (Å²) in [5.74, 6) is -1.11. The van der Waals surface area contributed by atoms with Crippen LogP contribution in [0.15, 0.2) is 77.9 Å². The van der Waals surface area contributed by atoms with Gasteiger partial charge in [0.2, 0.25) is 0 Å². The van der Waals surface area contributed by atoms with Gasteiger partial charge >= 0.3 is 0 Å². The van der Waals surface area contributed by atoms with E-state index in [1.165, 1.54) is 36.5 Å². The lowest BCUT2D eigenvalue weighted by molar-refractivity contribution is -0.132. The summed E-state index contributed by atoms with van der Waals surface area (Å²) >= 11 is 12.0. The van der Waals surface area contributed by atoms with E-state index in [0.717, 1.165) is 5.56 Å². The molecule has 0 aliphatic heterocycles. The molecule has 0 aliphatic rings. The Morgan fingerprint density at radius 3 is 2.41 bits per heavy atom. The average Bonchev–Trinajstić information content (AvgIpc) is 2.82. The highest BCUT2D eigenvalue weighted by Gasteiger charge is 2.25. The van der Waals surface area contributed by atoms with Crippen LogP contribution in [0.3, 0.4) is 0 Å². The molecule has 34 heavy (non-hydrogen) atoms. The number of hydrogen-bond donors (Lipinski definition) is 2. The molecule has 9 heteroatoms. The van der Waals surface area contributed by atoms with Crippen molar-refractivity contribution in [3.63, 3.8) is 0 Å². The van der Waals surface area contributed by atoms with Crippen LogP contribution in [0.1, 0.15) is 18.1 Å². The maximum atomic E-state index is 13.0. The molecule has 0 radical (unpaired) electrons. The standard InChI is InChI=1S/C25H22Cl2FN3O3/c1-16(34-23-12-9-19(26)14-21(23)27)24(32)30-22(13-17-5-3-2-4-6-17)25(33)31-29-15-18-7-10-20(28)11-8-18/h2-12,14-16,22H,13H2,1H3,(H,30,32)(H,31,33)/b29-15-/t16-,22-/m0/s1. The third-order valence-corrected chi connectivity index (χ3v) is 5.27. The molecule has 0 spiro atoms. The fourth-order valence-corrected chi connectivity index (χ4v) is 3.41. The number of hydrogen-bond acceptors (Lipinski definition) is 4. The van der Waals surface area contributed by atoms with E-state index in [1.54, 1.807) is 19.1 Å². The fourth-order valence-electron chi connectivity index (χ4n) is 2.96. The largest absolute Gasteiger partial charge is 0.479 e. The van der Waals surface area contributed by atoms with Crippen molar-refractivity contribution in [1.82, 2.24) is 10.7 Å². The van der Waals surface area contributed by atoms with Crippen molar-refractivity contribution >= 4 is 41.2 Å². The molecule has 2 N–H and O–H groups in total. The average molecular weight is 502 g/mol. The molecule has 0 aliphatic carbocycles. The molecule has 0 aromatic heterocycles. The van der Waals surface area contributed by atoms with Gasteiger partial charge in [-0.1, -0.05) is 65.7 Å². The van der Waals surface area contributed by atoms with Gasteiger partial charge in [-0.25, -0.2) is 9.82 Å². The van der Waals surface area contributed by atoms with Crippen molar-refractivity contribution in [2.45, 2.75) is 25.5 Å². The van der Waals surface area contributed by atoms with Crippen molar-refractivity contribution in [1.29, 1.82) is 0 Å². The molecule has 2 amide bonds. The van der Waals surface area contributed by atoms with E-state index in [9.17, 15) is 14.0 Å². The predicted molar refractivity (Wildman–Crippen MR) is 131 cm³/mol. The summed E-state index contributed by atoms with van der Waals surface area (Å²) in [5.41, 5.74) is 3.87. The number of ether oxygens (including phenoxy) is 1. The lowest BCUT2D eigenvalue weighted by Gasteiger charge is -2.21. The fraction of sp³-hybridized carbons (Fsp3) is 0.160. The van der Waals surface area contributed by atoms with Crippen LogP contribution in [-0.4, -0.2) is 30.2 Å². The van der Waals surface area contributed by atoms with E-state index >= 15 is 0 Å². The molecule has 0 unspecified atom stereocenters. The second-order valence-electron chi connectivity index (χ2n) is 7.37. The minimum Gasteiger partial charge on any atom is -0.479 e. The lowest BCUT2D eigenvalue weighted by atomic mass is 10.1. The molecule has 0 heterocycles. The summed E-state index contributed by atoms with van der Waals surface area (Å²) in [5, 5.41) is 7.32. The zero-order valence-corrected chi connectivity index (χ0v) is 19.7. The van der Waals surface area contributed by atoms with Crippen LogP contribution >= 0.6 is 23.2 Å². The quantitative estimate of drug-likeness (QED) is 0.327. The zero-order chi connectivity index (χ0) is 24.5. The lowest BCUT2D eigenvalue weighted by Crippen LogP contribution is -2.50. The Hall–Kier alpha value is -3.42. The molecule has 3 rings (SSSR count).